The molecule has 0 aliphatic heterocycles. The van der Waals surface area contributed by atoms with Crippen LogP contribution in [0.2, 0.25) is 0 Å². The molecule has 0 aromatic carbocycles. The van der Waals surface area contributed by atoms with E-state index in [1.54, 1.807) is 6.07 Å². The molecule has 0 saturated carbocycles. The monoisotopic (exact) mass is 313 g/mol. The molecule has 21 heavy (non-hydrogen) atoms. The number of thiophene rings is 1. The van der Waals surface area contributed by atoms with Gasteiger partial charge in [0.25, 0.3) is 5.91 Å². The number of aryl methyl sites for hydroxylation is 2. The number of esters is 1. The summed E-state index contributed by atoms with van der Waals surface area (Å²) in [6.07, 6.45) is 1.45. The van der Waals surface area contributed by atoms with Gasteiger partial charge in [-0.05, 0) is 25.0 Å². The van der Waals surface area contributed by atoms with E-state index in [4.69, 9.17) is 5.11 Å². The Hall–Kier alpha value is -1.89. The van der Waals surface area contributed by atoms with Gasteiger partial charge in [0.15, 0.2) is 0 Å². The second-order valence-corrected chi connectivity index (χ2v) is 5.84. The van der Waals surface area contributed by atoms with E-state index in [9.17, 15) is 14.4 Å². The molecule has 2 N–H and O–H groups in total. The van der Waals surface area contributed by atoms with Gasteiger partial charge in [0.1, 0.15) is 6.04 Å². The molecule has 7 heteroatoms. The van der Waals surface area contributed by atoms with Gasteiger partial charge in [0.2, 0.25) is 0 Å². The molecule has 1 atom stereocenters. The number of methoxy groups -OCH3 is 1. The van der Waals surface area contributed by atoms with Crippen LogP contribution >= 0.6 is 11.3 Å². The van der Waals surface area contributed by atoms with Gasteiger partial charge in [-0.2, -0.15) is 0 Å². The van der Waals surface area contributed by atoms with Gasteiger partial charge < -0.3 is 15.2 Å². The van der Waals surface area contributed by atoms with Gasteiger partial charge in [-0.15, -0.1) is 11.3 Å². The van der Waals surface area contributed by atoms with Crippen LogP contribution in [0.3, 0.4) is 0 Å². The first-order chi connectivity index (χ1) is 9.88. The number of aliphatic carboxylic acids is 1. The minimum Gasteiger partial charge on any atom is -0.480 e. The third kappa shape index (κ3) is 4.86. The Bertz CT molecular complexity index is 537. The minimum absolute atomic E-state index is 0.399. The van der Waals surface area contributed by atoms with Crippen molar-refractivity contribution >= 4 is 29.2 Å². The molecule has 0 spiro atoms. The second kappa shape index (κ2) is 7.78. The molecule has 116 valence electrons. The normalized spacial score (nSPS) is 11.8. The third-order valence-corrected chi connectivity index (χ3v) is 4.06. The fourth-order valence-electron chi connectivity index (χ4n) is 1.83. The minimum atomic E-state index is -1.29. The molecule has 0 aliphatic carbocycles. The Morgan fingerprint density at radius 1 is 1.43 bits per heavy atom. The van der Waals surface area contributed by atoms with Crippen LogP contribution in [0.15, 0.2) is 6.07 Å². The van der Waals surface area contributed by atoms with Crippen LogP contribution in [0.1, 0.15) is 39.9 Å². The topological polar surface area (TPSA) is 92.7 Å². The zero-order valence-electron chi connectivity index (χ0n) is 12.3. The highest BCUT2D eigenvalue weighted by Gasteiger charge is 2.25. The molecule has 1 aromatic rings. The van der Waals surface area contributed by atoms with Crippen molar-refractivity contribution in [3.63, 3.8) is 0 Å². The van der Waals surface area contributed by atoms with Crippen LogP contribution in [-0.4, -0.2) is 36.1 Å². The number of nitrogens with one attached hydrogen (secondary N) is 1. The molecule has 6 nitrogen and oxygen atoms in total. The Morgan fingerprint density at radius 3 is 2.62 bits per heavy atom. The van der Waals surface area contributed by atoms with E-state index in [0.29, 0.717) is 4.88 Å². The summed E-state index contributed by atoms with van der Waals surface area (Å²) in [6, 6.07) is 0.484. The number of rotatable bonds is 7. The Balaban J connectivity index is 2.79. The number of carbonyl (C=O) groups is 3. The fraction of sp³-hybridized carbons (Fsp3) is 0.500. The molecule has 1 amide bonds. The van der Waals surface area contributed by atoms with Crippen LogP contribution in [0.25, 0.3) is 0 Å². The lowest BCUT2D eigenvalue weighted by Gasteiger charge is -2.12. The third-order valence-electron chi connectivity index (χ3n) is 2.97. The predicted octanol–water partition coefficient (Wildman–Crippen LogP) is 1.76. The Labute approximate surface area is 127 Å². The van der Waals surface area contributed by atoms with Crippen LogP contribution in [-0.2, 0) is 20.7 Å². The summed E-state index contributed by atoms with van der Waals surface area (Å²) in [5, 5.41) is 11.4. The average molecular weight is 313 g/mol. The first-order valence-corrected chi connectivity index (χ1v) is 7.40. The summed E-state index contributed by atoms with van der Waals surface area (Å²) < 4.78 is 4.42. The van der Waals surface area contributed by atoms with E-state index in [0.717, 1.165) is 23.3 Å². The number of carboxylic acids is 1. The zero-order chi connectivity index (χ0) is 16.0. The van der Waals surface area contributed by atoms with Crippen molar-refractivity contribution in [2.45, 2.75) is 39.2 Å². The molecule has 1 heterocycles. The maximum absolute atomic E-state index is 12.1. The van der Waals surface area contributed by atoms with Crippen molar-refractivity contribution in [3.05, 3.63) is 21.4 Å². The van der Waals surface area contributed by atoms with E-state index in [1.165, 1.54) is 18.4 Å². The summed E-state index contributed by atoms with van der Waals surface area (Å²) in [5.41, 5.74) is 1.09. The maximum atomic E-state index is 12.1. The van der Waals surface area contributed by atoms with Gasteiger partial charge >= 0.3 is 11.9 Å². The van der Waals surface area contributed by atoms with Crippen LogP contribution < -0.4 is 5.32 Å². The van der Waals surface area contributed by atoms with E-state index in [1.807, 2.05) is 13.8 Å². The van der Waals surface area contributed by atoms with Gasteiger partial charge in [0, 0.05) is 4.88 Å². The SMILES string of the molecule is CCCc1cc(C(=O)N[C@@H](CC(=O)OC)C(=O)O)sc1C. The molecule has 1 rings (SSSR count). The fourth-order valence-corrected chi connectivity index (χ4v) is 2.80. The number of hydrogen-bond acceptors (Lipinski definition) is 5. The lowest BCUT2D eigenvalue weighted by atomic mass is 10.1. The number of hydrogen-bond donors (Lipinski definition) is 2. The Morgan fingerprint density at radius 2 is 2.10 bits per heavy atom. The molecule has 0 radical (unpaired) electrons. The number of amides is 1. The van der Waals surface area contributed by atoms with E-state index in [-0.39, 0.29) is 0 Å². The van der Waals surface area contributed by atoms with Crippen molar-refractivity contribution in [1.29, 1.82) is 0 Å². The summed E-state index contributed by atoms with van der Waals surface area (Å²) in [5.74, 6) is -2.44. The number of ether oxygens (including phenoxy) is 1. The van der Waals surface area contributed by atoms with Crippen molar-refractivity contribution in [2.75, 3.05) is 7.11 Å². The number of carboxylic acid groups (broad SMARTS) is 1. The highest BCUT2D eigenvalue weighted by Crippen LogP contribution is 2.23. The largest absolute Gasteiger partial charge is 0.480 e. The van der Waals surface area contributed by atoms with Crippen molar-refractivity contribution in [3.8, 4) is 0 Å². The van der Waals surface area contributed by atoms with Gasteiger partial charge in [0.05, 0.1) is 18.4 Å². The summed E-state index contributed by atoms with van der Waals surface area (Å²) >= 11 is 1.32. The zero-order valence-corrected chi connectivity index (χ0v) is 13.1. The van der Waals surface area contributed by atoms with E-state index >= 15 is 0 Å². The second-order valence-electron chi connectivity index (χ2n) is 4.59. The highest BCUT2D eigenvalue weighted by molar-refractivity contribution is 7.14. The summed E-state index contributed by atoms with van der Waals surface area (Å²) in [4.78, 5) is 35.8. The van der Waals surface area contributed by atoms with Crippen molar-refractivity contribution in [1.82, 2.24) is 5.32 Å². The molecule has 0 saturated heterocycles. The Kier molecular flexibility index (Phi) is 6.36. The first kappa shape index (κ1) is 17.2. The van der Waals surface area contributed by atoms with Crippen molar-refractivity contribution in [2.24, 2.45) is 0 Å². The van der Waals surface area contributed by atoms with Crippen molar-refractivity contribution < 1.29 is 24.2 Å². The van der Waals surface area contributed by atoms with Gasteiger partial charge in [-0.25, -0.2) is 4.79 Å². The van der Waals surface area contributed by atoms with E-state index in [2.05, 4.69) is 10.1 Å². The molecule has 0 fully saturated rings. The van der Waals surface area contributed by atoms with Gasteiger partial charge in [-0.1, -0.05) is 13.3 Å². The maximum Gasteiger partial charge on any atom is 0.326 e. The molecular formula is C14H19NO5S. The highest BCUT2D eigenvalue weighted by atomic mass is 32.1. The van der Waals surface area contributed by atoms with Gasteiger partial charge in [-0.3, -0.25) is 9.59 Å². The number of carbonyl (C=O) groups excluding carboxylic acids is 2. The van der Waals surface area contributed by atoms with Crippen LogP contribution in [0.5, 0.6) is 0 Å². The first-order valence-electron chi connectivity index (χ1n) is 6.58. The van der Waals surface area contributed by atoms with E-state index < -0.39 is 30.3 Å². The lowest BCUT2D eigenvalue weighted by molar-refractivity contribution is -0.147. The molecule has 0 unspecified atom stereocenters. The molecule has 0 aliphatic rings. The molecule has 1 aromatic heterocycles. The standard InChI is InChI=1S/C14H19NO5S/c1-4-5-9-6-11(21-8(9)2)13(17)15-10(14(18)19)7-12(16)20-3/h6,10H,4-5,7H2,1-3H3,(H,15,17)(H,18,19)/t10-/m0/s1. The predicted molar refractivity (Wildman–Crippen MR) is 78.6 cm³/mol. The molecular weight excluding hydrogens is 294 g/mol. The smallest absolute Gasteiger partial charge is 0.326 e. The quantitative estimate of drug-likeness (QED) is 0.748. The molecule has 0 bridgehead atoms. The van der Waals surface area contributed by atoms with Crippen LogP contribution in [0, 0.1) is 6.92 Å². The summed E-state index contributed by atoms with van der Waals surface area (Å²) in [6.45, 7) is 3.98. The van der Waals surface area contributed by atoms with Crippen LogP contribution in [0.4, 0.5) is 0 Å². The summed E-state index contributed by atoms with van der Waals surface area (Å²) in [7, 11) is 1.17. The average Bonchev–Trinajstić information content (AvgIpc) is 2.79. The lowest BCUT2D eigenvalue weighted by Crippen LogP contribution is -2.42.